The van der Waals surface area contributed by atoms with Crippen LogP contribution in [-0.2, 0) is 24.8 Å². The van der Waals surface area contributed by atoms with Gasteiger partial charge in [-0.3, -0.25) is 19.0 Å². The molecule has 0 fully saturated rings. The predicted octanol–water partition coefficient (Wildman–Crippen LogP) is 6.22. The fraction of sp³-hybridized carbons (Fsp3) is 0.226. The van der Waals surface area contributed by atoms with Gasteiger partial charge in [-0.05, 0) is 98.8 Å². The second kappa shape index (κ2) is 14.6. The lowest BCUT2D eigenvalue weighted by molar-refractivity contribution is 0.0601. The number of rotatable bonds is 10. The van der Waals surface area contributed by atoms with E-state index in [2.05, 4.69) is 14.2 Å². The molecule has 2 aromatic heterocycles. The van der Waals surface area contributed by atoms with Crippen LogP contribution >= 0.6 is 22.7 Å². The van der Waals surface area contributed by atoms with E-state index < -0.39 is 32.0 Å². The molecule has 2 heterocycles. The van der Waals surface area contributed by atoms with E-state index in [1.54, 1.807) is 45.0 Å². The van der Waals surface area contributed by atoms with Crippen molar-refractivity contribution in [2.24, 2.45) is 0 Å². The first kappa shape index (κ1) is 37.1. The number of Topliss-reactive ketones (excluding diaryl/α,β-unsaturated/α-hetero) is 2. The summed E-state index contributed by atoms with van der Waals surface area (Å²) in [5, 5.41) is 12.0. The second-order valence-corrected chi connectivity index (χ2v) is 15.5. The number of ether oxygens (including phenoxy) is 1. The summed E-state index contributed by atoms with van der Waals surface area (Å²) in [4.78, 5) is 45.7. The molecule has 0 unspecified atom stereocenters. The van der Waals surface area contributed by atoms with Crippen LogP contribution in [0.4, 0.5) is 11.4 Å². The molecular weight excluding hydrogens is 689 g/mol. The zero-order valence-electron chi connectivity index (χ0n) is 26.4. The fourth-order valence-electron chi connectivity index (χ4n) is 4.56. The normalized spacial score (nSPS) is 11.2. The molecule has 0 aliphatic carbocycles. The van der Waals surface area contributed by atoms with Crippen molar-refractivity contribution in [3.05, 3.63) is 90.3 Å². The van der Waals surface area contributed by atoms with Crippen LogP contribution < -0.4 is 9.44 Å². The number of aromatic carboxylic acids is 1. The lowest BCUT2D eigenvalue weighted by atomic mass is 10.0. The Bertz CT molecular complexity index is 2110. The topological polar surface area (TPSA) is 190 Å². The van der Waals surface area contributed by atoms with Gasteiger partial charge in [0, 0.05) is 11.1 Å². The van der Waals surface area contributed by atoms with E-state index in [1.807, 2.05) is 6.92 Å². The molecule has 0 radical (unpaired) electrons. The number of thiophene rings is 2. The number of benzene rings is 2. The van der Waals surface area contributed by atoms with Gasteiger partial charge >= 0.3 is 11.9 Å². The Kier molecular flexibility index (Phi) is 11.5. The summed E-state index contributed by atoms with van der Waals surface area (Å²) in [6.45, 7) is 9.75. The molecule has 0 saturated heterocycles. The minimum absolute atomic E-state index is 0.0147. The molecule has 0 atom stereocenters. The minimum Gasteiger partial charge on any atom is -0.477 e. The van der Waals surface area contributed by atoms with Crippen molar-refractivity contribution in [2.45, 2.75) is 51.3 Å². The van der Waals surface area contributed by atoms with Gasteiger partial charge in [-0.25, -0.2) is 26.4 Å². The summed E-state index contributed by atoms with van der Waals surface area (Å²) in [7, 11) is -6.97. The lowest BCUT2D eigenvalue weighted by Gasteiger charge is -2.15. The molecule has 0 saturated carbocycles. The Balaban J connectivity index is 0.000000256. The highest BCUT2D eigenvalue weighted by Crippen LogP contribution is 2.31. The first-order valence-corrected chi connectivity index (χ1v) is 18.3. The number of esters is 1. The van der Waals surface area contributed by atoms with Crippen LogP contribution in [0.25, 0.3) is 0 Å². The molecule has 250 valence electrons. The van der Waals surface area contributed by atoms with Crippen LogP contribution in [0.5, 0.6) is 0 Å². The second-order valence-electron chi connectivity index (χ2n) is 10.4. The minimum atomic E-state index is -4.11. The molecule has 0 spiro atoms. The molecular formula is C31H32N2O10S4. The zero-order chi connectivity index (χ0) is 35.4. The van der Waals surface area contributed by atoms with Crippen LogP contribution in [-0.4, -0.2) is 52.6 Å². The summed E-state index contributed by atoms with van der Waals surface area (Å²) < 4.78 is 59.8. The Morgan fingerprint density at radius 2 is 1.06 bits per heavy atom. The third kappa shape index (κ3) is 8.51. The number of carboxylic acid groups (broad SMARTS) is 1. The summed E-state index contributed by atoms with van der Waals surface area (Å²) in [6.07, 6.45) is 0. The molecule has 47 heavy (non-hydrogen) atoms. The van der Waals surface area contributed by atoms with Gasteiger partial charge in [0.15, 0.2) is 11.6 Å². The number of aryl methyl sites for hydroxylation is 4. The predicted molar refractivity (Wildman–Crippen MR) is 180 cm³/mol. The summed E-state index contributed by atoms with van der Waals surface area (Å²) in [6, 6.07) is 9.31. The van der Waals surface area contributed by atoms with E-state index in [4.69, 9.17) is 5.11 Å². The largest absolute Gasteiger partial charge is 0.477 e. The molecule has 0 amide bonds. The zero-order valence-corrected chi connectivity index (χ0v) is 29.6. The number of nitrogens with one attached hydrogen (secondary N) is 2. The van der Waals surface area contributed by atoms with Gasteiger partial charge in [0.05, 0.1) is 18.5 Å². The van der Waals surface area contributed by atoms with Crippen molar-refractivity contribution < 1.29 is 45.9 Å². The molecule has 12 nitrogen and oxygen atoms in total. The third-order valence-electron chi connectivity index (χ3n) is 6.59. The van der Waals surface area contributed by atoms with E-state index in [0.717, 1.165) is 33.8 Å². The number of carboxylic acids is 1. The molecule has 2 aromatic carbocycles. The van der Waals surface area contributed by atoms with Crippen LogP contribution in [0.2, 0.25) is 0 Å². The molecule has 4 aromatic rings. The summed E-state index contributed by atoms with van der Waals surface area (Å²) in [5.41, 5.74) is 3.82. The highest BCUT2D eigenvalue weighted by atomic mass is 32.2. The average molecular weight is 721 g/mol. The van der Waals surface area contributed by atoms with Crippen LogP contribution in [0.15, 0.2) is 56.9 Å². The van der Waals surface area contributed by atoms with Gasteiger partial charge in [0.2, 0.25) is 0 Å². The van der Waals surface area contributed by atoms with E-state index in [-0.39, 0.29) is 53.6 Å². The standard InChI is InChI=1S/C16H17NO5S2.C15H15NO5S2/c1-9-7-10(2)14(12(8-9)11(3)18)17-24(20,21)13-5-6-23-15(13)16(19)22-4;1-8-6-9(2)13(11(7-8)10(3)17)16-23(20,21)12-4-5-22-14(12)15(18)19/h5-8,17H,1-4H3;4-7,16H,1-3H3,(H,18,19). The average Bonchev–Trinajstić information content (AvgIpc) is 3.67. The number of carbonyl (C=O) groups excluding carboxylic acids is 3. The van der Waals surface area contributed by atoms with Crippen molar-refractivity contribution in [1.82, 2.24) is 0 Å². The molecule has 0 aliphatic rings. The van der Waals surface area contributed by atoms with Crippen LogP contribution in [0.3, 0.4) is 0 Å². The van der Waals surface area contributed by atoms with E-state index in [0.29, 0.717) is 11.1 Å². The Hall–Kier alpha value is -4.38. The number of hydrogen-bond donors (Lipinski definition) is 3. The first-order chi connectivity index (χ1) is 21.8. The Morgan fingerprint density at radius 3 is 1.43 bits per heavy atom. The number of sulfonamides is 2. The number of anilines is 2. The van der Waals surface area contributed by atoms with Crippen molar-refractivity contribution in [2.75, 3.05) is 16.6 Å². The Morgan fingerprint density at radius 1 is 0.681 bits per heavy atom. The van der Waals surface area contributed by atoms with Gasteiger partial charge < -0.3 is 9.84 Å². The summed E-state index contributed by atoms with van der Waals surface area (Å²) in [5.74, 6) is -2.57. The lowest BCUT2D eigenvalue weighted by Crippen LogP contribution is -2.18. The maximum absolute atomic E-state index is 12.7. The quantitative estimate of drug-likeness (QED) is 0.125. The molecule has 16 heteroatoms. The van der Waals surface area contributed by atoms with Gasteiger partial charge in [-0.1, -0.05) is 12.1 Å². The molecule has 4 rings (SSSR count). The molecule has 0 aliphatic heterocycles. The number of carbonyl (C=O) groups is 4. The number of hydrogen-bond acceptors (Lipinski definition) is 11. The van der Waals surface area contributed by atoms with Crippen molar-refractivity contribution in [3.8, 4) is 0 Å². The van der Waals surface area contributed by atoms with Crippen LogP contribution in [0.1, 0.15) is 76.2 Å². The fourth-order valence-corrected chi connectivity index (χ4v) is 9.46. The van der Waals surface area contributed by atoms with Crippen molar-refractivity contribution in [1.29, 1.82) is 0 Å². The first-order valence-electron chi connectivity index (χ1n) is 13.6. The van der Waals surface area contributed by atoms with Crippen molar-refractivity contribution in [3.63, 3.8) is 0 Å². The highest BCUT2D eigenvalue weighted by molar-refractivity contribution is 7.93. The smallest absolute Gasteiger partial charge is 0.349 e. The maximum Gasteiger partial charge on any atom is 0.349 e. The van der Waals surface area contributed by atoms with Gasteiger partial charge in [-0.2, -0.15) is 0 Å². The Labute approximate surface area is 280 Å². The maximum atomic E-state index is 12.7. The number of ketones is 2. The summed E-state index contributed by atoms with van der Waals surface area (Å²) >= 11 is 1.80. The SMILES string of the molecule is CC(=O)c1cc(C)cc(C)c1NS(=O)(=O)c1ccsc1C(=O)O.COC(=O)c1sccc1S(=O)(=O)Nc1c(C)cc(C)cc1C(C)=O. The monoisotopic (exact) mass is 720 g/mol. The third-order valence-corrected chi connectivity index (χ3v) is 11.4. The molecule has 0 bridgehead atoms. The van der Waals surface area contributed by atoms with Gasteiger partial charge in [0.1, 0.15) is 19.5 Å². The van der Waals surface area contributed by atoms with Gasteiger partial charge in [-0.15, -0.1) is 22.7 Å². The van der Waals surface area contributed by atoms with E-state index >= 15 is 0 Å². The van der Waals surface area contributed by atoms with E-state index in [1.165, 1.54) is 43.9 Å². The molecule has 3 N–H and O–H groups in total. The highest BCUT2D eigenvalue weighted by Gasteiger charge is 2.27. The number of methoxy groups -OCH3 is 1. The van der Waals surface area contributed by atoms with Gasteiger partial charge in [0.25, 0.3) is 20.0 Å². The van der Waals surface area contributed by atoms with Crippen molar-refractivity contribution >= 4 is 77.6 Å². The van der Waals surface area contributed by atoms with E-state index in [9.17, 15) is 36.0 Å². The van der Waals surface area contributed by atoms with Crippen LogP contribution in [0, 0.1) is 27.7 Å².